The molecule has 1 amide bonds. The van der Waals surface area contributed by atoms with Crippen LogP contribution in [0.25, 0.3) is 0 Å². The maximum Gasteiger partial charge on any atom is 0.287 e. The van der Waals surface area contributed by atoms with E-state index in [-0.39, 0.29) is 5.91 Å². The van der Waals surface area contributed by atoms with Crippen LogP contribution in [0.1, 0.15) is 41.3 Å². The minimum absolute atomic E-state index is 0.216. The van der Waals surface area contributed by atoms with E-state index >= 15 is 0 Å². The van der Waals surface area contributed by atoms with Crippen molar-refractivity contribution in [3.8, 4) is 0 Å². The van der Waals surface area contributed by atoms with Crippen LogP contribution in [-0.4, -0.2) is 31.0 Å². The summed E-state index contributed by atoms with van der Waals surface area (Å²) in [6.45, 7) is 8.14. The number of rotatable bonds is 9. The zero-order chi connectivity index (χ0) is 17.4. The molecule has 0 aliphatic heterocycles. The highest BCUT2D eigenvalue weighted by atomic mass is 16.5. The molecule has 0 spiro atoms. The average Bonchev–Trinajstić information content (AvgIpc) is 3.07. The van der Waals surface area contributed by atoms with Gasteiger partial charge in [-0.3, -0.25) is 9.69 Å². The van der Waals surface area contributed by atoms with E-state index in [0.717, 1.165) is 25.2 Å². The van der Waals surface area contributed by atoms with Crippen LogP contribution >= 0.6 is 0 Å². The highest BCUT2D eigenvalue weighted by Crippen LogP contribution is 2.11. The van der Waals surface area contributed by atoms with Gasteiger partial charge in [-0.05, 0) is 36.3 Å². The van der Waals surface area contributed by atoms with E-state index in [4.69, 9.17) is 9.15 Å². The number of nitrogens with zero attached hydrogens (tertiary/aromatic N) is 1. The van der Waals surface area contributed by atoms with Crippen LogP contribution in [0, 0.1) is 0 Å². The summed E-state index contributed by atoms with van der Waals surface area (Å²) in [5.74, 6) is 0.733. The summed E-state index contributed by atoms with van der Waals surface area (Å²) in [6, 6.07) is 11.7. The average molecular weight is 330 g/mol. The SMILES string of the molecule is CCN(CC)Cc1cccc(CNC(=O)c2ccc(COC)o2)c1. The Balaban J connectivity index is 1.92. The number of carbonyl (C=O) groups is 1. The molecule has 0 saturated heterocycles. The van der Waals surface area contributed by atoms with E-state index in [2.05, 4.69) is 36.2 Å². The highest BCUT2D eigenvalue weighted by Gasteiger charge is 2.11. The maximum absolute atomic E-state index is 12.1. The third kappa shape index (κ3) is 5.22. The van der Waals surface area contributed by atoms with Gasteiger partial charge < -0.3 is 14.5 Å². The number of amides is 1. The Bertz CT molecular complexity index is 648. The molecule has 1 aromatic carbocycles. The van der Waals surface area contributed by atoms with Crippen LogP contribution in [0.5, 0.6) is 0 Å². The van der Waals surface area contributed by atoms with Gasteiger partial charge in [0.2, 0.25) is 0 Å². The molecule has 2 rings (SSSR count). The molecular formula is C19H26N2O3. The first kappa shape index (κ1) is 18.2. The van der Waals surface area contributed by atoms with E-state index in [1.165, 1.54) is 5.56 Å². The fourth-order valence-electron chi connectivity index (χ4n) is 2.53. The minimum Gasteiger partial charge on any atom is -0.453 e. The van der Waals surface area contributed by atoms with Crippen LogP contribution in [0.15, 0.2) is 40.8 Å². The lowest BCUT2D eigenvalue weighted by Crippen LogP contribution is -2.23. The zero-order valence-corrected chi connectivity index (χ0v) is 14.7. The normalized spacial score (nSPS) is 11.0. The smallest absolute Gasteiger partial charge is 0.287 e. The van der Waals surface area contributed by atoms with Crippen molar-refractivity contribution < 1.29 is 13.9 Å². The molecule has 0 saturated carbocycles. The van der Waals surface area contributed by atoms with Crippen molar-refractivity contribution in [1.82, 2.24) is 10.2 Å². The maximum atomic E-state index is 12.1. The second kappa shape index (κ2) is 9.25. The molecule has 0 aliphatic carbocycles. The van der Waals surface area contributed by atoms with Gasteiger partial charge in [-0.15, -0.1) is 0 Å². The zero-order valence-electron chi connectivity index (χ0n) is 14.7. The van der Waals surface area contributed by atoms with Crippen LogP contribution in [0.2, 0.25) is 0 Å². The van der Waals surface area contributed by atoms with Gasteiger partial charge >= 0.3 is 0 Å². The summed E-state index contributed by atoms with van der Waals surface area (Å²) < 4.78 is 10.4. The Labute approximate surface area is 143 Å². The summed E-state index contributed by atoms with van der Waals surface area (Å²) in [5.41, 5.74) is 2.34. The molecular weight excluding hydrogens is 304 g/mol. The summed E-state index contributed by atoms with van der Waals surface area (Å²) in [6.07, 6.45) is 0. The number of benzene rings is 1. The molecule has 130 valence electrons. The number of furan rings is 1. The first-order valence-corrected chi connectivity index (χ1v) is 8.32. The molecule has 2 aromatic rings. The second-order valence-corrected chi connectivity index (χ2v) is 5.66. The van der Waals surface area contributed by atoms with Crippen LogP contribution in [0.3, 0.4) is 0 Å². The summed E-state index contributed by atoms with van der Waals surface area (Å²) in [7, 11) is 1.59. The molecule has 1 N–H and O–H groups in total. The second-order valence-electron chi connectivity index (χ2n) is 5.66. The van der Waals surface area contributed by atoms with Gasteiger partial charge in [0.25, 0.3) is 5.91 Å². The number of methoxy groups -OCH3 is 1. The third-order valence-corrected chi connectivity index (χ3v) is 3.92. The number of nitrogens with one attached hydrogen (secondary N) is 1. The van der Waals surface area contributed by atoms with E-state index in [1.54, 1.807) is 19.2 Å². The van der Waals surface area contributed by atoms with E-state index in [0.29, 0.717) is 24.7 Å². The molecule has 0 atom stereocenters. The van der Waals surface area contributed by atoms with Crippen LogP contribution < -0.4 is 5.32 Å². The molecule has 1 heterocycles. The number of hydrogen-bond donors (Lipinski definition) is 1. The van der Waals surface area contributed by atoms with Gasteiger partial charge in [-0.25, -0.2) is 0 Å². The summed E-state index contributed by atoms with van der Waals surface area (Å²) >= 11 is 0. The monoisotopic (exact) mass is 330 g/mol. The lowest BCUT2D eigenvalue weighted by atomic mass is 10.1. The molecule has 0 aliphatic rings. The van der Waals surface area contributed by atoms with Crippen molar-refractivity contribution in [2.45, 2.75) is 33.5 Å². The third-order valence-electron chi connectivity index (χ3n) is 3.92. The molecule has 0 fully saturated rings. The predicted octanol–water partition coefficient (Wildman–Crippen LogP) is 3.20. The fourth-order valence-corrected chi connectivity index (χ4v) is 2.53. The summed E-state index contributed by atoms with van der Waals surface area (Å²) in [5, 5.41) is 2.89. The molecule has 0 unspecified atom stereocenters. The van der Waals surface area contributed by atoms with Gasteiger partial charge in [0.15, 0.2) is 5.76 Å². The Morgan fingerprint density at radius 2 is 1.92 bits per heavy atom. The lowest BCUT2D eigenvalue weighted by Gasteiger charge is -2.18. The molecule has 1 aromatic heterocycles. The van der Waals surface area contributed by atoms with E-state index < -0.39 is 0 Å². The van der Waals surface area contributed by atoms with Crippen molar-refractivity contribution in [2.75, 3.05) is 20.2 Å². The molecule has 5 nitrogen and oxygen atoms in total. The summed E-state index contributed by atoms with van der Waals surface area (Å²) in [4.78, 5) is 14.5. The van der Waals surface area contributed by atoms with Crippen molar-refractivity contribution in [2.24, 2.45) is 0 Å². The largest absolute Gasteiger partial charge is 0.453 e. The van der Waals surface area contributed by atoms with Crippen LogP contribution in [-0.2, 0) is 24.4 Å². The topological polar surface area (TPSA) is 54.7 Å². The lowest BCUT2D eigenvalue weighted by molar-refractivity contribution is 0.0914. The van der Waals surface area contributed by atoms with Gasteiger partial charge in [0.1, 0.15) is 12.4 Å². The molecule has 0 bridgehead atoms. The van der Waals surface area contributed by atoms with Gasteiger partial charge in [0.05, 0.1) is 0 Å². The van der Waals surface area contributed by atoms with Crippen molar-refractivity contribution in [3.63, 3.8) is 0 Å². The molecule has 24 heavy (non-hydrogen) atoms. The Morgan fingerprint density at radius 3 is 2.62 bits per heavy atom. The quantitative estimate of drug-likeness (QED) is 0.767. The first-order chi connectivity index (χ1) is 11.7. The van der Waals surface area contributed by atoms with Gasteiger partial charge in [-0.1, -0.05) is 38.1 Å². The first-order valence-electron chi connectivity index (χ1n) is 8.32. The highest BCUT2D eigenvalue weighted by molar-refractivity contribution is 5.91. The van der Waals surface area contributed by atoms with Gasteiger partial charge in [0, 0.05) is 20.2 Å². The van der Waals surface area contributed by atoms with Gasteiger partial charge in [-0.2, -0.15) is 0 Å². The number of carbonyl (C=O) groups excluding carboxylic acids is 1. The molecule has 0 radical (unpaired) electrons. The number of hydrogen-bond acceptors (Lipinski definition) is 4. The standard InChI is InChI=1S/C19H26N2O3/c1-4-21(5-2)13-16-8-6-7-15(11-16)12-20-19(22)18-10-9-17(24-18)14-23-3/h6-11H,4-5,12-14H2,1-3H3,(H,20,22). The van der Waals surface area contributed by atoms with E-state index in [1.807, 2.05) is 12.1 Å². The Hall–Kier alpha value is -2.11. The van der Waals surface area contributed by atoms with Crippen LogP contribution in [0.4, 0.5) is 0 Å². The Morgan fingerprint density at radius 1 is 1.17 bits per heavy atom. The molecule has 5 heteroatoms. The Kier molecular flexibility index (Phi) is 7.03. The van der Waals surface area contributed by atoms with Crippen molar-refractivity contribution in [1.29, 1.82) is 0 Å². The number of ether oxygens (including phenoxy) is 1. The van der Waals surface area contributed by atoms with Crippen molar-refractivity contribution >= 4 is 5.91 Å². The minimum atomic E-state index is -0.216. The fraction of sp³-hybridized carbons (Fsp3) is 0.421. The van der Waals surface area contributed by atoms with E-state index in [9.17, 15) is 4.79 Å². The van der Waals surface area contributed by atoms with Crippen molar-refractivity contribution in [3.05, 3.63) is 59.0 Å². The predicted molar refractivity (Wildman–Crippen MR) is 93.7 cm³/mol.